The summed E-state index contributed by atoms with van der Waals surface area (Å²) < 4.78 is 13.2. The van der Waals surface area contributed by atoms with E-state index in [1.807, 2.05) is 6.07 Å². The third kappa shape index (κ3) is 3.62. The van der Waals surface area contributed by atoms with Crippen LogP contribution in [0.4, 0.5) is 15.8 Å². The number of rotatable bonds is 4. The van der Waals surface area contributed by atoms with Crippen LogP contribution in [0.3, 0.4) is 0 Å². The van der Waals surface area contributed by atoms with Crippen molar-refractivity contribution in [2.24, 2.45) is 5.92 Å². The highest BCUT2D eigenvalue weighted by Crippen LogP contribution is 2.26. The number of nitrogens with two attached hydrogens (primary N) is 1. The molecule has 0 aromatic heterocycles. The van der Waals surface area contributed by atoms with E-state index in [4.69, 9.17) is 5.73 Å². The Morgan fingerprint density at radius 2 is 2.00 bits per heavy atom. The predicted molar refractivity (Wildman–Crippen MR) is 70.5 cm³/mol. The lowest BCUT2D eigenvalue weighted by Gasteiger charge is -2.21. The number of halogens is 1. The monoisotopic (exact) mass is 236 g/mol. The number of benzene rings is 1. The molecule has 1 aliphatic rings. The normalized spacial score (nSPS) is 17.0. The van der Waals surface area contributed by atoms with Gasteiger partial charge in [0, 0.05) is 12.2 Å². The van der Waals surface area contributed by atoms with Crippen molar-refractivity contribution >= 4 is 11.4 Å². The third-order valence-electron chi connectivity index (χ3n) is 3.61. The van der Waals surface area contributed by atoms with E-state index in [0.29, 0.717) is 0 Å². The van der Waals surface area contributed by atoms with E-state index < -0.39 is 0 Å². The van der Waals surface area contributed by atoms with Crippen LogP contribution in [0.15, 0.2) is 18.2 Å². The molecule has 0 radical (unpaired) electrons. The first-order valence-electron chi connectivity index (χ1n) is 6.54. The summed E-state index contributed by atoms with van der Waals surface area (Å²) >= 11 is 0. The Hall–Kier alpha value is -1.25. The minimum atomic E-state index is -0.340. The average Bonchev–Trinajstić information content (AvgIpc) is 2.35. The predicted octanol–water partition coefficient (Wildman–Crippen LogP) is 3.79. The van der Waals surface area contributed by atoms with Crippen LogP contribution in [0.25, 0.3) is 0 Å². The molecule has 17 heavy (non-hydrogen) atoms. The molecule has 3 heteroatoms. The van der Waals surface area contributed by atoms with Crippen LogP contribution in [0.1, 0.15) is 38.5 Å². The summed E-state index contributed by atoms with van der Waals surface area (Å²) in [5.41, 5.74) is 6.47. The molecule has 0 heterocycles. The van der Waals surface area contributed by atoms with Gasteiger partial charge in [-0.15, -0.1) is 0 Å². The van der Waals surface area contributed by atoms with Gasteiger partial charge in [-0.25, -0.2) is 4.39 Å². The fraction of sp³-hybridized carbons (Fsp3) is 0.571. The molecule has 0 spiro atoms. The molecule has 1 aliphatic carbocycles. The van der Waals surface area contributed by atoms with E-state index >= 15 is 0 Å². The molecule has 0 amide bonds. The van der Waals surface area contributed by atoms with Crippen LogP contribution >= 0.6 is 0 Å². The highest BCUT2D eigenvalue weighted by Gasteiger charge is 2.12. The Balaban J connectivity index is 1.75. The van der Waals surface area contributed by atoms with Crippen molar-refractivity contribution in [2.45, 2.75) is 38.5 Å². The third-order valence-corrected chi connectivity index (χ3v) is 3.61. The molecule has 2 rings (SSSR count). The molecule has 0 atom stereocenters. The SMILES string of the molecule is Nc1ccc(NCCC2CCCCC2)cc1F. The van der Waals surface area contributed by atoms with E-state index in [-0.39, 0.29) is 11.5 Å². The zero-order chi connectivity index (χ0) is 12.1. The summed E-state index contributed by atoms with van der Waals surface area (Å²) in [4.78, 5) is 0. The van der Waals surface area contributed by atoms with Crippen LogP contribution in [-0.2, 0) is 0 Å². The Kier molecular flexibility index (Phi) is 4.24. The number of hydrogen-bond donors (Lipinski definition) is 2. The zero-order valence-electron chi connectivity index (χ0n) is 10.2. The van der Waals surface area contributed by atoms with E-state index in [1.165, 1.54) is 44.6 Å². The molecule has 0 bridgehead atoms. The second kappa shape index (κ2) is 5.89. The zero-order valence-corrected chi connectivity index (χ0v) is 10.2. The van der Waals surface area contributed by atoms with Gasteiger partial charge in [0.05, 0.1) is 5.69 Å². The molecule has 1 saturated carbocycles. The van der Waals surface area contributed by atoms with Gasteiger partial charge in [0.25, 0.3) is 0 Å². The first-order valence-corrected chi connectivity index (χ1v) is 6.54. The molecule has 0 saturated heterocycles. The first kappa shape index (κ1) is 12.2. The summed E-state index contributed by atoms with van der Waals surface area (Å²) in [5.74, 6) is 0.516. The van der Waals surface area contributed by atoms with Gasteiger partial charge in [-0.2, -0.15) is 0 Å². The fourth-order valence-electron chi connectivity index (χ4n) is 2.53. The molecule has 1 fully saturated rings. The molecule has 2 nitrogen and oxygen atoms in total. The molecule has 94 valence electrons. The second-order valence-corrected chi connectivity index (χ2v) is 4.96. The fourth-order valence-corrected chi connectivity index (χ4v) is 2.53. The number of anilines is 2. The lowest BCUT2D eigenvalue weighted by Crippen LogP contribution is -2.12. The summed E-state index contributed by atoms with van der Waals surface area (Å²) in [6.45, 7) is 0.925. The van der Waals surface area contributed by atoms with Crippen molar-refractivity contribution in [1.82, 2.24) is 0 Å². The van der Waals surface area contributed by atoms with Crippen LogP contribution < -0.4 is 11.1 Å². The van der Waals surface area contributed by atoms with Gasteiger partial charge in [-0.3, -0.25) is 0 Å². The lowest BCUT2D eigenvalue weighted by molar-refractivity contribution is 0.345. The standard InChI is InChI=1S/C14H21FN2/c15-13-10-12(6-7-14(13)16)17-9-8-11-4-2-1-3-5-11/h6-7,10-11,17H,1-5,8-9,16H2. The van der Waals surface area contributed by atoms with Crippen LogP contribution in [-0.4, -0.2) is 6.54 Å². The molecule has 0 aliphatic heterocycles. The average molecular weight is 236 g/mol. The lowest BCUT2D eigenvalue weighted by atomic mass is 9.87. The van der Waals surface area contributed by atoms with E-state index in [0.717, 1.165) is 18.2 Å². The molecule has 0 unspecified atom stereocenters. The minimum absolute atomic E-state index is 0.211. The Labute approximate surface area is 102 Å². The highest BCUT2D eigenvalue weighted by molar-refractivity contribution is 5.52. The Bertz CT molecular complexity index is 359. The number of hydrogen-bond acceptors (Lipinski definition) is 2. The van der Waals surface area contributed by atoms with Crippen molar-refractivity contribution in [3.8, 4) is 0 Å². The summed E-state index contributed by atoms with van der Waals surface area (Å²) in [6.07, 6.45) is 8.05. The van der Waals surface area contributed by atoms with Gasteiger partial charge in [0.15, 0.2) is 0 Å². The summed E-state index contributed by atoms with van der Waals surface area (Å²) in [5, 5.41) is 3.26. The van der Waals surface area contributed by atoms with Crippen molar-refractivity contribution in [2.75, 3.05) is 17.6 Å². The van der Waals surface area contributed by atoms with Crippen molar-refractivity contribution in [1.29, 1.82) is 0 Å². The molecular weight excluding hydrogens is 215 g/mol. The largest absolute Gasteiger partial charge is 0.396 e. The van der Waals surface area contributed by atoms with E-state index in [2.05, 4.69) is 5.32 Å². The van der Waals surface area contributed by atoms with Gasteiger partial charge in [-0.1, -0.05) is 32.1 Å². The van der Waals surface area contributed by atoms with Gasteiger partial charge in [0.2, 0.25) is 0 Å². The smallest absolute Gasteiger partial charge is 0.148 e. The van der Waals surface area contributed by atoms with Gasteiger partial charge in [-0.05, 0) is 30.5 Å². The quantitative estimate of drug-likeness (QED) is 0.780. The van der Waals surface area contributed by atoms with Crippen LogP contribution in [0.5, 0.6) is 0 Å². The number of nitrogen functional groups attached to an aromatic ring is 1. The number of nitrogens with one attached hydrogen (secondary N) is 1. The summed E-state index contributed by atoms with van der Waals surface area (Å²) in [7, 11) is 0. The van der Waals surface area contributed by atoms with Crippen LogP contribution in [0.2, 0.25) is 0 Å². The highest BCUT2D eigenvalue weighted by atomic mass is 19.1. The summed E-state index contributed by atoms with van der Waals surface area (Å²) in [6, 6.07) is 4.91. The molecular formula is C14H21FN2. The van der Waals surface area contributed by atoms with Crippen molar-refractivity contribution in [3.63, 3.8) is 0 Å². The van der Waals surface area contributed by atoms with Crippen molar-refractivity contribution in [3.05, 3.63) is 24.0 Å². The molecule has 1 aromatic rings. The second-order valence-electron chi connectivity index (χ2n) is 4.96. The Morgan fingerprint density at radius 1 is 1.24 bits per heavy atom. The van der Waals surface area contributed by atoms with Gasteiger partial charge < -0.3 is 11.1 Å². The molecule has 1 aromatic carbocycles. The molecule has 3 N–H and O–H groups in total. The maximum absolute atomic E-state index is 13.2. The minimum Gasteiger partial charge on any atom is -0.396 e. The first-order chi connectivity index (χ1) is 8.25. The van der Waals surface area contributed by atoms with Gasteiger partial charge >= 0.3 is 0 Å². The van der Waals surface area contributed by atoms with Gasteiger partial charge in [0.1, 0.15) is 5.82 Å². The maximum Gasteiger partial charge on any atom is 0.148 e. The van der Waals surface area contributed by atoms with E-state index in [1.54, 1.807) is 6.07 Å². The maximum atomic E-state index is 13.2. The van der Waals surface area contributed by atoms with Crippen molar-refractivity contribution < 1.29 is 4.39 Å². The van der Waals surface area contributed by atoms with E-state index in [9.17, 15) is 4.39 Å². The Morgan fingerprint density at radius 3 is 2.71 bits per heavy atom. The topological polar surface area (TPSA) is 38.0 Å². The van der Waals surface area contributed by atoms with Crippen LogP contribution in [0, 0.1) is 11.7 Å².